The van der Waals surface area contributed by atoms with Crippen LogP contribution in [0.1, 0.15) is 38.5 Å². The summed E-state index contributed by atoms with van der Waals surface area (Å²) in [5.41, 5.74) is 6.43. The number of nitrogens with zero attached hydrogens (tertiary/aromatic N) is 2. The molecule has 2 N–H and O–H groups in total. The first-order chi connectivity index (χ1) is 7.84. The van der Waals surface area contributed by atoms with Crippen LogP contribution in [0.4, 0.5) is 0 Å². The highest BCUT2D eigenvalue weighted by atomic mass is 15.3. The standard InChI is InChI=1S/C13H25N3/c14-11-13(5-2-6-13)16-9-3-8-15-7-1-4-12(15)10-16/h12H,1-11,14H2. The van der Waals surface area contributed by atoms with Crippen LogP contribution in [0.2, 0.25) is 0 Å². The van der Waals surface area contributed by atoms with Gasteiger partial charge in [-0.3, -0.25) is 9.80 Å². The summed E-state index contributed by atoms with van der Waals surface area (Å²) in [5.74, 6) is 0. The quantitative estimate of drug-likeness (QED) is 0.759. The molecule has 16 heavy (non-hydrogen) atoms. The van der Waals surface area contributed by atoms with Crippen molar-refractivity contribution in [1.82, 2.24) is 9.80 Å². The maximum absolute atomic E-state index is 6.03. The van der Waals surface area contributed by atoms with E-state index in [0.29, 0.717) is 5.54 Å². The zero-order chi connectivity index (χ0) is 11.0. The van der Waals surface area contributed by atoms with E-state index in [-0.39, 0.29) is 0 Å². The van der Waals surface area contributed by atoms with Gasteiger partial charge in [-0.1, -0.05) is 0 Å². The van der Waals surface area contributed by atoms with E-state index in [1.807, 2.05) is 0 Å². The van der Waals surface area contributed by atoms with E-state index < -0.39 is 0 Å². The molecule has 2 aliphatic heterocycles. The van der Waals surface area contributed by atoms with Gasteiger partial charge in [-0.05, 0) is 51.6 Å². The molecule has 0 radical (unpaired) electrons. The lowest BCUT2D eigenvalue weighted by Gasteiger charge is -2.50. The van der Waals surface area contributed by atoms with E-state index in [0.717, 1.165) is 12.6 Å². The van der Waals surface area contributed by atoms with E-state index in [1.54, 1.807) is 0 Å². The van der Waals surface area contributed by atoms with Crippen molar-refractivity contribution in [3.63, 3.8) is 0 Å². The second kappa shape index (κ2) is 4.28. The van der Waals surface area contributed by atoms with E-state index >= 15 is 0 Å². The average molecular weight is 223 g/mol. The Kier molecular flexibility index (Phi) is 2.94. The highest BCUT2D eigenvalue weighted by molar-refractivity contribution is 5.01. The van der Waals surface area contributed by atoms with Crippen molar-refractivity contribution < 1.29 is 0 Å². The van der Waals surface area contributed by atoms with Crippen molar-refractivity contribution >= 4 is 0 Å². The molecule has 2 saturated heterocycles. The molecule has 2 heterocycles. The molecule has 3 rings (SSSR count). The minimum atomic E-state index is 0.401. The first kappa shape index (κ1) is 11.0. The zero-order valence-electron chi connectivity index (χ0n) is 10.3. The second-order valence-electron chi connectivity index (χ2n) is 5.91. The molecule has 92 valence electrons. The van der Waals surface area contributed by atoms with Crippen molar-refractivity contribution in [1.29, 1.82) is 0 Å². The molecule has 3 nitrogen and oxygen atoms in total. The monoisotopic (exact) mass is 223 g/mol. The average Bonchev–Trinajstić information content (AvgIpc) is 2.56. The van der Waals surface area contributed by atoms with Crippen LogP contribution >= 0.6 is 0 Å². The first-order valence-electron chi connectivity index (χ1n) is 7.03. The maximum Gasteiger partial charge on any atom is 0.0332 e. The van der Waals surface area contributed by atoms with Gasteiger partial charge in [0.25, 0.3) is 0 Å². The largest absolute Gasteiger partial charge is 0.329 e. The van der Waals surface area contributed by atoms with E-state index in [2.05, 4.69) is 9.80 Å². The molecule has 3 fully saturated rings. The second-order valence-corrected chi connectivity index (χ2v) is 5.91. The summed E-state index contributed by atoms with van der Waals surface area (Å²) >= 11 is 0. The van der Waals surface area contributed by atoms with Gasteiger partial charge in [0.15, 0.2) is 0 Å². The van der Waals surface area contributed by atoms with Crippen LogP contribution in [-0.4, -0.2) is 54.1 Å². The van der Waals surface area contributed by atoms with E-state index in [1.165, 1.54) is 64.7 Å². The molecule has 0 aromatic heterocycles. The summed E-state index contributed by atoms with van der Waals surface area (Å²) in [6.45, 7) is 6.11. The molecule has 0 bridgehead atoms. The number of nitrogens with two attached hydrogens (primary N) is 1. The highest BCUT2D eigenvalue weighted by Gasteiger charge is 2.43. The minimum absolute atomic E-state index is 0.401. The third-order valence-corrected chi connectivity index (χ3v) is 5.14. The summed E-state index contributed by atoms with van der Waals surface area (Å²) in [6.07, 6.45) is 8.25. The molecular formula is C13H25N3. The normalized spacial score (nSPS) is 35.4. The van der Waals surface area contributed by atoms with Crippen molar-refractivity contribution in [2.24, 2.45) is 5.73 Å². The lowest BCUT2D eigenvalue weighted by molar-refractivity contribution is 0.0188. The van der Waals surface area contributed by atoms with Crippen LogP contribution in [0.15, 0.2) is 0 Å². The maximum atomic E-state index is 6.03. The molecule has 0 aromatic rings. The Morgan fingerprint density at radius 2 is 1.88 bits per heavy atom. The summed E-state index contributed by atoms with van der Waals surface area (Å²) in [4.78, 5) is 5.45. The molecule has 1 atom stereocenters. The Bertz CT molecular complexity index is 244. The fourth-order valence-electron chi connectivity index (χ4n) is 3.87. The Hall–Kier alpha value is -0.120. The predicted octanol–water partition coefficient (Wildman–Crippen LogP) is 1.04. The Morgan fingerprint density at radius 3 is 2.56 bits per heavy atom. The summed E-state index contributed by atoms with van der Waals surface area (Å²) in [6, 6.07) is 0.839. The molecule has 1 unspecified atom stereocenters. The topological polar surface area (TPSA) is 32.5 Å². The summed E-state index contributed by atoms with van der Waals surface area (Å²) in [5, 5.41) is 0. The fourth-order valence-corrected chi connectivity index (χ4v) is 3.87. The van der Waals surface area contributed by atoms with Gasteiger partial charge in [-0.25, -0.2) is 0 Å². The molecular weight excluding hydrogens is 198 g/mol. The van der Waals surface area contributed by atoms with Gasteiger partial charge in [0.1, 0.15) is 0 Å². The molecule has 0 spiro atoms. The van der Waals surface area contributed by atoms with Gasteiger partial charge in [0.05, 0.1) is 0 Å². The van der Waals surface area contributed by atoms with Gasteiger partial charge in [-0.2, -0.15) is 0 Å². The van der Waals surface area contributed by atoms with Gasteiger partial charge in [0.2, 0.25) is 0 Å². The molecule has 1 aliphatic carbocycles. The molecule has 1 saturated carbocycles. The number of hydrogen-bond acceptors (Lipinski definition) is 3. The lowest BCUT2D eigenvalue weighted by Crippen LogP contribution is -2.60. The summed E-state index contributed by atoms with van der Waals surface area (Å²) < 4.78 is 0. The van der Waals surface area contributed by atoms with Crippen LogP contribution < -0.4 is 5.73 Å². The number of rotatable bonds is 2. The third-order valence-electron chi connectivity index (χ3n) is 5.14. The Morgan fingerprint density at radius 1 is 1.06 bits per heavy atom. The third kappa shape index (κ3) is 1.69. The first-order valence-corrected chi connectivity index (χ1v) is 7.03. The zero-order valence-corrected chi connectivity index (χ0v) is 10.3. The van der Waals surface area contributed by atoms with Crippen LogP contribution in [0.3, 0.4) is 0 Å². The predicted molar refractivity (Wildman–Crippen MR) is 66.4 cm³/mol. The van der Waals surface area contributed by atoms with Crippen LogP contribution in [0, 0.1) is 0 Å². The number of hydrogen-bond donors (Lipinski definition) is 1. The van der Waals surface area contributed by atoms with Crippen LogP contribution in [0.25, 0.3) is 0 Å². The van der Waals surface area contributed by atoms with Crippen molar-refractivity contribution in [2.75, 3.05) is 32.7 Å². The smallest absolute Gasteiger partial charge is 0.0332 e. The van der Waals surface area contributed by atoms with E-state index in [4.69, 9.17) is 5.73 Å². The molecule has 0 aromatic carbocycles. The van der Waals surface area contributed by atoms with Gasteiger partial charge >= 0.3 is 0 Å². The summed E-state index contributed by atoms with van der Waals surface area (Å²) in [7, 11) is 0. The van der Waals surface area contributed by atoms with Crippen LogP contribution in [0.5, 0.6) is 0 Å². The Balaban J connectivity index is 1.70. The molecule has 0 amide bonds. The SMILES string of the molecule is NCC1(N2CCCN3CCCC3C2)CCC1. The lowest BCUT2D eigenvalue weighted by atomic mass is 9.75. The molecule has 3 aliphatic rings. The fraction of sp³-hybridized carbons (Fsp3) is 1.00. The highest BCUT2D eigenvalue weighted by Crippen LogP contribution is 2.38. The van der Waals surface area contributed by atoms with Crippen molar-refractivity contribution in [2.45, 2.75) is 50.1 Å². The number of fused-ring (bicyclic) bond motifs is 1. The minimum Gasteiger partial charge on any atom is -0.329 e. The van der Waals surface area contributed by atoms with Crippen molar-refractivity contribution in [3.8, 4) is 0 Å². The Labute approximate surface area is 99.0 Å². The van der Waals surface area contributed by atoms with Crippen LogP contribution in [-0.2, 0) is 0 Å². The van der Waals surface area contributed by atoms with Gasteiger partial charge < -0.3 is 5.73 Å². The van der Waals surface area contributed by atoms with Crippen molar-refractivity contribution in [3.05, 3.63) is 0 Å². The van der Waals surface area contributed by atoms with Gasteiger partial charge in [-0.15, -0.1) is 0 Å². The van der Waals surface area contributed by atoms with Gasteiger partial charge in [0, 0.05) is 31.2 Å². The molecule has 3 heteroatoms. The van der Waals surface area contributed by atoms with E-state index in [9.17, 15) is 0 Å².